The molecule has 2 heterocycles. The van der Waals surface area contributed by atoms with E-state index in [9.17, 15) is 14.4 Å². The summed E-state index contributed by atoms with van der Waals surface area (Å²) < 4.78 is 2.23. The first-order chi connectivity index (χ1) is 11.8. The molecule has 3 aromatic rings. The number of fused-ring (bicyclic) bond motifs is 1. The van der Waals surface area contributed by atoms with Gasteiger partial charge in [-0.3, -0.25) is 19.1 Å². The summed E-state index contributed by atoms with van der Waals surface area (Å²) in [5.74, 6) is 0.314. The molecule has 9 heteroatoms. The van der Waals surface area contributed by atoms with Gasteiger partial charge < -0.3 is 10.3 Å². The van der Waals surface area contributed by atoms with Crippen LogP contribution in [0.4, 0.5) is 5.69 Å². The molecule has 0 fully saturated rings. The number of hydrogen-bond donors (Lipinski definition) is 3. The predicted octanol–water partition coefficient (Wildman–Crippen LogP) is 1.59. The second kappa shape index (κ2) is 6.67. The highest BCUT2D eigenvalue weighted by molar-refractivity contribution is 9.10. The number of carbonyl (C=O) groups excluding carboxylic acids is 1. The molecule has 8 nitrogen and oxygen atoms in total. The van der Waals surface area contributed by atoms with Crippen LogP contribution in [0.25, 0.3) is 11.2 Å². The maximum absolute atomic E-state index is 12.1. The zero-order chi connectivity index (χ0) is 18.1. The standard InChI is InChI=1S/C16H16BrN5O3/c1-8-7-9(3-4-10(8)17)18-12(23)6-5-11-19-13-14(20-11)22(2)16(25)21-15(13)24/h3-4,7H,5-6H2,1-2H3,(H,18,23)(H,19,20)(H,21,24,25). The minimum atomic E-state index is -0.529. The second-order valence-corrected chi connectivity index (χ2v) is 6.57. The fourth-order valence-corrected chi connectivity index (χ4v) is 2.70. The van der Waals surface area contributed by atoms with Crippen molar-refractivity contribution in [2.24, 2.45) is 7.05 Å². The number of aromatic amines is 2. The summed E-state index contributed by atoms with van der Waals surface area (Å²) in [5, 5.41) is 2.82. The van der Waals surface area contributed by atoms with Crippen LogP contribution in [0.1, 0.15) is 17.8 Å². The Bertz CT molecular complexity index is 1080. The minimum Gasteiger partial charge on any atom is -0.336 e. The summed E-state index contributed by atoms with van der Waals surface area (Å²) in [6, 6.07) is 5.56. The Morgan fingerprint density at radius 1 is 1.32 bits per heavy atom. The monoisotopic (exact) mass is 405 g/mol. The summed E-state index contributed by atoms with van der Waals surface area (Å²) >= 11 is 3.41. The molecule has 0 unspecified atom stereocenters. The van der Waals surface area contributed by atoms with E-state index >= 15 is 0 Å². The van der Waals surface area contributed by atoms with Crippen LogP contribution in [0, 0.1) is 6.92 Å². The fourth-order valence-electron chi connectivity index (χ4n) is 2.45. The van der Waals surface area contributed by atoms with Gasteiger partial charge in [0.25, 0.3) is 5.56 Å². The molecule has 3 rings (SSSR count). The first-order valence-electron chi connectivity index (χ1n) is 7.59. The number of H-pyrrole nitrogens is 2. The number of nitrogens with zero attached hydrogens (tertiary/aromatic N) is 2. The average Bonchev–Trinajstić information content (AvgIpc) is 2.99. The molecule has 0 aliphatic carbocycles. The maximum Gasteiger partial charge on any atom is 0.329 e. The molecule has 0 bridgehead atoms. The highest BCUT2D eigenvalue weighted by Crippen LogP contribution is 2.20. The topological polar surface area (TPSA) is 113 Å². The first kappa shape index (κ1) is 17.2. The third-order valence-corrected chi connectivity index (χ3v) is 4.72. The smallest absolute Gasteiger partial charge is 0.329 e. The maximum atomic E-state index is 12.1. The zero-order valence-electron chi connectivity index (χ0n) is 13.6. The molecule has 130 valence electrons. The normalized spacial score (nSPS) is 11.0. The van der Waals surface area contributed by atoms with E-state index in [0.717, 1.165) is 10.0 Å². The Kier molecular flexibility index (Phi) is 4.58. The highest BCUT2D eigenvalue weighted by Gasteiger charge is 2.12. The number of hydrogen-bond acceptors (Lipinski definition) is 4. The van der Waals surface area contributed by atoms with E-state index < -0.39 is 11.2 Å². The van der Waals surface area contributed by atoms with Gasteiger partial charge in [-0.15, -0.1) is 0 Å². The van der Waals surface area contributed by atoms with Crippen molar-refractivity contribution in [1.29, 1.82) is 0 Å². The van der Waals surface area contributed by atoms with Crippen molar-refractivity contribution in [2.45, 2.75) is 19.8 Å². The van der Waals surface area contributed by atoms with Gasteiger partial charge >= 0.3 is 5.69 Å². The third-order valence-electron chi connectivity index (χ3n) is 3.83. The van der Waals surface area contributed by atoms with Crippen LogP contribution in [0.15, 0.2) is 32.3 Å². The van der Waals surface area contributed by atoms with Crippen LogP contribution in [0.2, 0.25) is 0 Å². The molecule has 2 aromatic heterocycles. The number of halogens is 1. The van der Waals surface area contributed by atoms with E-state index in [4.69, 9.17) is 0 Å². The quantitative estimate of drug-likeness (QED) is 0.611. The van der Waals surface area contributed by atoms with Gasteiger partial charge in [0.1, 0.15) is 11.3 Å². The minimum absolute atomic E-state index is 0.162. The molecule has 3 N–H and O–H groups in total. The lowest BCUT2D eigenvalue weighted by molar-refractivity contribution is -0.116. The largest absolute Gasteiger partial charge is 0.336 e. The molecule has 1 aromatic carbocycles. The molecule has 0 atom stereocenters. The molecular formula is C16H16BrN5O3. The van der Waals surface area contributed by atoms with Crippen molar-refractivity contribution in [3.8, 4) is 0 Å². The van der Waals surface area contributed by atoms with Crippen molar-refractivity contribution in [2.75, 3.05) is 5.32 Å². The van der Waals surface area contributed by atoms with Gasteiger partial charge in [-0.25, -0.2) is 9.78 Å². The lowest BCUT2D eigenvalue weighted by Gasteiger charge is -2.06. The van der Waals surface area contributed by atoms with Crippen LogP contribution in [-0.2, 0) is 18.3 Å². The van der Waals surface area contributed by atoms with Crippen LogP contribution in [0.3, 0.4) is 0 Å². The number of anilines is 1. The van der Waals surface area contributed by atoms with Gasteiger partial charge in [0.05, 0.1) is 0 Å². The van der Waals surface area contributed by atoms with Crippen molar-refractivity contribution in [1.82, 2.24) is 19.5 Å². The molecule has 0 saturated carbocycles. The second-order valence-electron chi connectivity index (χ2n) is 5.71. The summed E-state index contributed by atoms with van der Waals surface area (Å²) in [5.41, 5.74) is 1.18. The number of imidazole rings is 1. The van der Waals surface area contributed by atoms with Crippen molar-refractivity contribution >= 4 is 38.7 Å². The number of carbonyl (C=O) groups is 1. The van der Waals surface area contributed by atoms with E-state index in [-0.39, 0.29) is 23.5 Å². The zero-order valence-corrected chi connectivity index (χ0v) is 15.2. The highest BCUT2D eigenvalue weighted by atomic mass is 79.9. The van der Waals surface area contributed by atoms with Crippen LogP contribution in [-0.4, -0.2) is 25.4 Å². The van der Waals surface area contributed by atoms with Crippen molar-refractivity contribution in [3.63, 3.8) is 0 Å². The van der Waals surface area contributed by atoms with Crippen LogP contribution >= 0.6 is 15.9 Å². The number of benzene rings is 1. The Labute approximate surface area is 150 Å². The number of aryl methyl sites for hydroxylation is 3. The molecule has 0 saturated heterocycles. The van der Waals surface area contributed by atoms with Crippen molar-refractivity contribution in [3.05, 3.63) is 54.9 Å². The summed E-state index contributed by atoms with van der Waals surface area (Å²) in [7, 11) is 1.52. The molecule has 0 aliphatic rings. The molecule has 0 aliphatic heterocycles. The molecular weight excluding hydrogens is 390 g/mol. The average molecular weight is 406 g/mol. The summed E-state index contributed by atoms with van der Waals surface area (Å²) in [6.07, 6.45) is 0.518. The van der Waals surface area contributed by atoms with Gasteiger partial charge in [0, 0.05) is 30.0 Å². The Hall–Kier alpha value is -2.68. The number of rotatable bonds is 4. The van der Waals surface area contributed by atoms with E-state index in [1.54, 1.807) is 0 Å². The van der Waals surface area contributed by atoms with Crippen molar-refractivity contribution < 1.29 is 4.79 Å². The molecule has 0 radical (unpaired) electrons. The fraction of sp³-hybridized carbons (Fsp3) is 0.250. The summed E-state index contributed by atoms with van der Waals surface area (Å²) in [6.45, 7) is 1.94. The summed E-state index contributed by atoms with van der Waals surface area (Å²) in [4.78, 5) is 44.8. The lowest BCUT2D eigenvalue weighted by Crippen LogP contribution is -2.28. The predicted molar refractivity (Wildman–Crippen MR) is 97.8 cm³/mol. The van der Waals surface area contributed by atoms with Gasteiger partial charge in [-0.05, 0) is 30.7 Å². The SMILES string of the molecule is Cc1cc(NC(=O)CCc2nc3c([nH]2)c(=O)[nH]c(=O)n3C)ccc1Br. The van der Waals surface area contributed by atoms with E-state index in [1.165, 1.54) is 11.6 Å². The number of amides is 1. The Balaban J connectivity index is 1.72. The Morgan fingerprint density at radius 2 is 2.08 bits per heavy atom. The number of aromatic nitrogens is 4. The van der Waals surface area contributed by atoms with Gasteiger partial charge in [-0.2, -0.15) is 0 Å². The number of nitrogens with one attached hydrogen (secondary N) is 3. The lowest BCUT2D eigenvalue weighted by atomic mass is 10.2. The van der Waals surface area contributed by atoms with Gasteiger partial charge in [-0.1, -0.05) is 15.9 Å². The third kappa shape index (κ3) is 3.55. The molecule has 1 amide bonds. The molecule has 25 heavy (non-hydrogen) atoms. The van der Waals surface area contributed by atoms with E-state index in [2.05, 4.69) is 36.2 Å². The van der Waals surface area contributed by atoms with Gasteiger partial charge in [0.2, 0.25) is 5.91 Å². The molecule has 0 spiro atoms. The van der Waals surface area contributed by atoms with E-state index in [1.807, 2.05) is 25.1 Å². The van der Waals surface area contributed by atoms with Crippen LogP contribution in [0.5, 0.6) is 0 Å². The first-order valence-corrected chi connectivity index (χ1v) is 8.38. The van der Waals surface area contributed by atoms with Gasteiger partial charge in [0.15, 0.2) is 5.65 Å². The van der Waals surface area contributed by atoms with Crippen LogP contribution < -0.4 is 16.6 Å². The Morgan fingerprint density at radius 3 is 2.80 bits per heavy atom. The van der Waals surface area contributed by atoms with E-state index in [0.29, 0.717) is 17.9 Å².